The summed E-state index contributed by atoms with van der Waals surface area (Å²) in [5.74, 6) is 1.10. The highest BCUT2D eigenvalue weighted by molar-refractivity contribution is 5.12. The van der Waals surface area contributed by atoms with Crippen LogP contribution in [0.2, 0.25) is 0 Å². The van der Waals surface area contributed by atoms with Crippen LogP contribution in [-0.4, -0.2) is 24.5 Å². The van der Waals surface area contributed by atoms with Gasteiger partial charge < -0.3 is 9.73 Å². The molecule has 0 spiro atoms. The summed E-state index contributed by atoms with van der Waals surface area (Å²) in [4.78, 5) is 2.46. The van der Waals surface area contributed by atoms with Gasteiger partial charge in [-0.05, 0) is 38.9 Å². The summed E-state index contributed by atoms with van der Waals surface area (Å²) in [5, 5.41) is 3.41. The number of hydrogen-bond donors (Lipinski definition) is 1. The van der Waals surface area contributed by atoms with Crippen molar-refractivity contribution in [2.24, 2.45) is 0 Å². The van der Waals surface area contributed by atoms with Crippen LogP contribution in [0.1, 0.15) is 56.8 Å². The molecule has 1 saturated carbocycles. The Morgan fingerprint density at radius 2 is 2.11 bits per heavy atom. The lowest BCUT2D eigenvalue weighted by atomic mass is 9.94. The highest BCUT2D eigenvalue weighted by atomic mass is 16.3. The van der Waals surface area contributed by atoms with Gasteiger partial charge >= 0.3 is 0 Å². The van der Waals surface area contributed by atoms with E-state index < -0.39 is 0 Å². The van der Waals surface area contributed by atoms with E-state index in [-0.39, 0.29) is 0 Å². The van der Waals surface area contributed by atoms with Gasteiger partial charge in [-0.25, -0.2) is 0 Å². The molecule has 0 saturated heterocycles. The quantitative estimate of drug-likeness (QED) is 0.764. The molecule has 1 aliphatic carbocycles. The fourth-order valence-electron chi connectivity index (χ4n) is 2.91. The minimum atomic E-state index is 0.750. The average Bonchev–Trinajstić information content (AvgIpc) is 2.88. The highest BCUT2D eigenvalue weighted by Crippen LogP contribution is 2.23. The zero-order chi connectivity index (χ0) is 13.5. The molecule has 0 aromatic carbocycles. The first kappa shape index (κ1) is 14.6. The second-order valence-electron chi connectivity index (χ2n) is 5.80. The van der Waals surface area contributed by atoms with Crippen molar-refractivity contribution in [2.75, 3.05) is 13.6 Å². The number of nitrogens with one attached hydrogen (secondary N) is 1. The second-order valence-corrected chi connectivity index (χ2v) is 5.80. The lowest BCUT2D eigenvalue weighted by Gasteiger charge is -2.30. The second kappa shape index (κ2) is 7.71. The normalized spacial score (nSPS) is 17.2. The van der Waals surface area contributed by atoms with Gasteiger partial charge in [0.2, 0.25) is 0 Å². The molecule has 0 radical (unpaired) electrons. The summed E-state index contributed by atoms with van der Waals surface area (Å²) >= 11 is 0. The molecule has 108 valence electrons. The van der Waals surface area contributed by atoms with Crippen LogP contribution in [0, 0.1) is 0 Å². The first-order valence-corrected chi connectivity index (χ1v) is 7.77. The van der Waals surface area contributed by atoms with Gasteiger partial charge in [-0.3, -0.25) is 4.90 Å². The molecule has 19 heavy (non-hydrogen) atoms. The summed E-state index contributed by atoms with van der Waals surface area (Å²) in [7, 11) is 2.23. The third kappa shape index (κ3) is 4.66. The van der Waals surface area contributed by atoms with Gasteiger partial charge in [0, 0.05) is 18.2 Å². The molecule has 0 bridgehead atoms. The van der Waals surface area contributed by atoms with Crippen LogP contribution < -0.4 is 5.32 Å². The fourth-order valence-corrected chi connectivity index (χ4v) is 2.91. The van der Waals surface area contributed by atoms with Crippen molar-refractivity contribution in [3.8, 4) is 0 Å². The topological polar surface area (TPSA) is 28.4 Å². The van der Waals surface area contributed by atoms with Crippen LogP contribution in [0.4, 0.5) is 0 Å². The maximum Gasteiger partial charge on any atom is 0.118 e. The summed E-state index contributed by atoms with van der Waals surface area (Å²) in [6.07, 6.45) is 9.96. The molecule has 1 fully saturated rings. The van der Waals surface area contributed by atoms with Crippen LogP contribution >= 0.6 is 0 Å². The minimum absolute atomic E-state index is 0.750. The van der Waals surface area contributed by atoms with Crippen molar-refractivity contribution >= 4 is 0 Å². The summed E-state index contributed by atoms with van der Waals surface area (Å²) in [5.41, 5.74) is 1.26. The molecule has 1 aliphatic rings. The molecule has 0 amide bonds. The van der Waals surface area contributed by atoms with Crippen molar-refractivity contribution < 1.29 is 4.42 Å². The monoisotopic (exact) mass is 264 g/mol. The third-order valence-electron chi connectivity index (χ3n) is 4.07. The third-order valence-corrected chi connectivity index (χ3v) is 4.07. The maximum absolute atomic E-state index is 5.68. The molecule has 1 N–H and O–H groups in total. The first-order valence-electron chi connectivity index (χ1n) is 7.77. The highest BCUT2D eigenvalue weighted by Gasteiger charge is 2.18. The number of hydrogen-bond acceptors (Lipinski definition) is 3. The van der Waals surface area contributed by atoms with Crippen molar-refractivity contribution in [2.45, 2.75) is 64.6 Å². The average molecular weight is 264 g/mol. The molecule has 3 nitrogen and oxygen atoms in total. The molecule has 0 aliphatic heterocycles. The van der Waals surface area contributed by atoms with E-state index in [2.05, 4.69) is 30.3 Å². The Hall–Kier alpha value is -0.800. The molecule has 1 heterocycles. The van der Waals surface area contributed by atoms with Crippen LogP contribution in [0.15, 0.2) is 16.7 Å². The zero-order valence-corrected chi connectivity index (χ0v) is 12.5. The molecule has 1 aromatic rings. The molecule has 1 aromatic heterocycles. The maximum atomic E-state index is 5.68. The van der Waals surface area contributed by atoms with Gasteiger partial charge in [0.1, 0.15) is 5.76 Å². The summed E-state index contributed by atoms with van der Waals surface area (Å²) in [6.45, 7) is 5.12. The summed E-state index contributed by atoms with van der Waals surface area (Å²) in [6, 6.07) is 2.95. The zero-order valence-electron chi connectivity index (χ0n) is 12.5. The van der Waals surface area contributed by atoms with Crippen LogP contribution in [0.5, 0.6) is 0 Å². The smallest absolute Gasteiger partial charge is 0.118 e. The van der Waals surface area contributed by atoms with Crippen molar-refractivity contribution in [1.82, 2.24) is 10.2 Å². The van der Waals surface area contributed by atoms with Gasteiger partial charge in [0.25, 0.3) is 0 Å². The van der Waals surface area contributed by atoms with E-state index in [4.69, 9.17) is 4.42 Å². The number of rotatable bonds is 7. The Balaban J connectivity index is 1.78. The fraction of sp³-hybridized carbons (Fsp3) is 0.750. The lowest BCUT2D eigenvalue weighted by molar-refractivity contribution is 0.173. The van der Waals surface area contributed by atoms with Crippen molar-refractivity contribution in [3.63, 3.8) is 0 Å². The minimum Gasteiger partial charge on any atom is -0.468 e. The Kier molecular flexibility index (Phi) is 5.93. The van der Waals surface area contributed by atoms with Gasteiger partial charge in [-0.1, -0.05) is 26.2 Å². The number of furan rings is 1. The predicted octanol–water partition coefficient (Wildman–Crippen LogP) is 3.54. The molecule has 0 atom stereocenters. The first-order chi connectivity index (χ1) is 9.29. The van der Waals surface area contributed by atoms with Crippen LogP contribution in [0.3, 0.4) is 0 Å². The van der Waals surface area contributed by atoms with E-state index in [1.807, 2.05) is 6.26 Å². The largest absolute Gasteiger partial charge is 0.468 e. The standard InChI is InChI=1S/C16H28N2O/c1-3-9-17-11-14-10-16(19-13-14)12-18(2)15-7-5-4-6-8-15/h10,13,15,17H,3-9,11-12H2,1-2H3. The van der Waals surface area contributed by atoms with Gasteiger partial charge in [0.15, 0.2) is 0 Å². The van der Waals surface area contributed by atoms with Crippen molar-refractivity contribution in [3.05, 3.63) is 23.7 Å². The van der Waals surface area contributed by atoms with E-state index >= 15 is 0 Å². The molecule has 3 heteroatoms. The van der Waals surface area contributed by atoms with Crippen molar-refractivity contribution in [1.29, 1.82) is 0 Å². The lowest BCUT2D eigenvalue weighted by Crippen LogP contribution is -2.32. The Morgan fingerprint density at radius 1 is 1.32 bits per heavy atom. The van der Waals surface area contributed by atoms with Crippen LogP contribution in [0.25, 0.3) is 0 Å². The van der Waals surface area contributed by atoms with E-state index in [1.165, 1.54) is 44.1 Å². The SMILES string of the molecule is CCCNCc1coc(CN(C)C2CCCCC2)c1. The molecular weight excluding hydrogens is 236 g/mol. The predicted molar refractivity (Wildman–Crippen MR) is 79.0 cm³/mol. The Labute approximate surface area is 117 Å². The molecule has 0 unspecified atom stereocenters. The van der Waals surface area contributed by atoms with Crippen LogP contribution in [-0.2, 0) is 13.1 Å². The van der Waals surface area contributed by atoms with Gasteiger partial charge in [-0.2, -0.15) is 0 Å². The van der Waals surface area contributed by atoms with E-state index in [0.29, 0.717) is 0 Å². The van der Waals surface area contributed by atoms with Gasteiger partial charge in [0.05, 0.1) is 12.8 Å². The Morgan fingerprint density at radius 3 is 2.84 bits per heavy atom. The van der Waals surface area contributed by atoms with E-state index in [0.717, 1.165) is 31.4 Å². The van der Waals surface area contributed by atoms with E-state index in [9.17, 15) is 0 Å². The number of nitrogens with zero attached hydrogens (tertiary/aromatic N) is 1. The Bertz CT molecular complexity index is 355. The molecule has 2 rings (SSSR count). The summed E-state index contributed by atoms with van der Waals surface area (Å²) < 4.78 is 5.68. The van der Waals surface area contributed by atoms with Gasteiger partial charge in [-0.15, -0.1) is 0 Å². The molecular formula is C16H28N2O. The van der Waals surface area contributed by atoms with E-state index in [1.54, 1.807) is 0 Å².